The molecule has 18 heavy (non-hydrogen) atoms. The maximum Gasteiger partial charge on any atom is 0.314 e. The molecule has 6 heteroatoms. The standard InChI is InChI=1S/C12H22N2O4/c15-11(16)5-1-2-6-13-12(17)14-8-10-4-3-7-18-9-10/h10H,1-9H2,(H,15,16)(H2,13,14,17). The highest BCUT2D eigenvalue weighted by atomic mass is 16.5. The molecule has 0 aromatic carbocycles. The van der Waals surface area contributed by atoms with E-state index in [1.807, 2.05) is 0 Å². The van der Waals surface area contributed by atoms with E-state index in [2.05, 4.69) is 10.6 Å². The second kappa shape index (κ2) is 8.74. The molecule has 0 aromatic heterocycles. The van der Waals surface area contributed by atoms with Crippen molar-refractivity contribution in [3.63, 3.8) is 0 Å². The molecule has 1 fully saturated rings. The number of carbonyl (C=O) groups excluding carboxylic acids is 1. The summed E-state index contributed by atoms with van der Waals surface area (Å²) in [5.74, 6) is -0.381. The average Bonchev–Trinajstić information content (AvgIpc) is 2.37. The van der Waals surface area contributed by atoms with Crippen LogP contribution in [0.1, 0.15) is 32.1 Å². The third-order valence-corrected chi connectivity index (χ3v) is 2.91. The monoisotopic (exact) mass is 258 g/mol. The Labute approximate surface area is 107 Å². The normalized spacial score (nSPS) is 19.2. The fourth-order valence-corrected chi connectivity index (χ4v) is 1.87. The van der Waals surface area contributed by atoms with Gasteiger partial charge in [-0.15, -0.1) is 0 Å². The molecular formula is C12H22N2O4. The fourth-order valence-electron chi connectivity index (χ4n) is 1.87. The quantitative estimate of drug-likeness (QED) is 0.594. The Kier molecular flexibility index (Phi) is 7.17. The van der Waals surface area contributed by atoms with E-state index in [0.29, 0.717) is 31.8 Å². The number of rotatable bonds is 7. The first-order chi connectivity index (χ1) is 8.68. The van der Waals surface area contributed by atoms with Gasteiger partial charge in [-0.25, -0.2) is 4.79 Å². The largest absolute Gasteiger partial charge is 0.481 e. The predicted octanol–water partition coefficient (Wildman–Crippen LogP) is 0.967. The summed E-state index contributed by atoms with van der Waals surface area (Å²) in [6.45, 7) is 2.70. The number of hydrogen-bond donors (Lipinski definition) is 3. The summed E-state index contributed by atoms with van der Waals surface area (Å²) in [6.07, 6.45) is 3.59. The molecule has 1 aliphatic heterocycles. The van der Waals surface area contributed by atoms with Crippen LogP contribution in [0.3, 0.4) is 0 Å². The van der Waals surface area contributed by atoms with Crippen molar-refractivity contribution >= 4 is 12.0 Å². The molecule has 0 saturated carbocycles. The molecule has 0 aliphatic carbocycles. The van der Waals surface area contributed by atoms with Crippen LogP contribution >= 0.6 is 0 Å². The Morgan fingerprint density at radius 1 is 1.28 bits per heavy atom. The molecule has 0 spiro atoms. The van der Waals surface area contributed by atoms with Gasteiger partial charge in [-0.2, -0.15) is 0 Å². The highest BCUT2D eigenvalue weighted by molar-refractivity contribution is 5.73. The molecule has 1 heterocycles. The Balaban J connectivity index is 1.94. The lowest BCUT2D eigenvalue weighted by Gasteiger charge is -2.22. The first-order valence-corrected chi connectivity index (χ1v) is 6.49. The van der Waals surface area contributed by atoms with Crippen LogP contribution in [0.5, 0.6) is 0 Å². The minimum absolute atomic E-state index is 0.155. The van der Waals surface area contributed by atoms with Crippen LogP contribution in [0.2, 0.25) is 0 Å². The predicted molar refractivity (Wildman–Crippen MR) is 66.4 cm³/mol. The highest BCUT2D eigenvalue weighted by Crippen LogP contribution is 2.11. The van der Waals surface area contributed by atoms with Gasteiger partial charge in [0, 0.05) is 26.1 Å². The summed E-state index contributed by atoms with van der Waals surface area (Å²) < 4.78 is 5.32. The van der Waals surface area contributed by atoms with Gasteiger partial charge in [0.1, 0.15) is 0 Å². The number of nitrogens with one attached hydrogen (secondary N) is 2. The maximum absolute atomic E-state index is 11.4. The number of unbranched alkanes of at least 4 members (excludes halogenated alkanes) is 1. The summed E-state index contributed by atoms with van der Waals surface area (Å²) in [5, 5.41) is 14.0. The van der Waals surface area contributed by atoms with Crippen LogP contribution in [0, 0.1) is 5.92 Å². The summed E-state index contributed by atoms with van der Waals surface area (Å²) in [6, 6.07) is -0.184. The first-order valence-electron chi connectivity index (χ1n) is 6.49. The summed E-state index contributed by atoms with van der Waals surface area (Å²) in [7, 11) is 0. The van der Waals surface area contributed by atoms with Gasteiger partial charge in [-0.05, 0) is 31.6 Å². The molecule has 0 bridgehead atoms. The number of carboxylic acids is 1. The van der Waals surface area contributed by atoms with Crippen molar-refractivity contribution in [2.24, 2.45) is 5.92 Å². The maximum atomic E-state index is 11.4. The fraction of sp³-hybridized carbons (Fsp3) is 0.833. The lowest BCUT2D eigenvalue weighted by Crippen LogP contribution is -2.40. The second-order valence-electron chi connectivity index (χ2n) is 4.57. The van der Waals surface area contributed by atoms with Crippen molar-refractivity contribution in [1.82, 2.24) is 10.6 Å². The molecule has 6 nitrogen and oxygen atoms in total. The van der Waals surface area contributed by atoms with E-state index in [1.54, 1.807) is 0 Å². The minimum Gasteiger partial charge on any atom is -0.481 e. The molecular weight excluding hydrogens is 236 g/mol. The second-order valence-corrected chi connectivity index (χ2v) is 4.57. The zero-order chi connectivity index (χ0) is 13.2. The van der Waals surface area contributed by atoms with E-state index in [-0.39, 0.29) is 12.5 Å². The number of hydrogen-bond acceptors (Lipinski definition) is 3. The molecule has 1 saturated heterocycles. The average molecular weight is 258 g/mol. The third-order valence-electron chi connectivity index (χ3n) is 2.91. The number of ether oxygens (including phenoxy) is 1. The molecule has 1 rings (SSSR count). The van der Waals surface area contributed by atoms with Gasteiger partial charge in [0.05, 0.1) is 6.61 Å². The lowest BCUT2D eigenvalue weighted by molar-refractivity contribution is -0.137. The van der Waals surface area contributed by atoms with E-state index in [0.717, 1.165) is 26.1 Å². The molecule has 1 aliphatic rings. The number of carbonyl (C=O) groups is 2. The van der Waals surface area contributed by atoms with Crippen LogP contribution in [-0.4, -0.2) is 43.4 Å². The number of amides is 2. The molecule has 104 valence electrons. The SMILES string of the molecule is O=C(O)CCCCNC(=O)NCC1CCCOC1. The number of aliphatic carboxylic acids is 1. The van der Waals surface area contributed by atoms with E-state index < -0.39 is 5.97 Å². The zero-order valence-electron chi connectivity index (χ0n) is 10.6. The minimum atomic E-state index is -0.795. The van der Waals surface area contributed by atoms with Crippen LogP contribution in [0.15, 0.2) is 0 Å². The Hall–Kier alpha value is -1.30. The van der Waals surface area contributed by atoms with Gasteiger partial charge in [0.2, 0.25) is 0 Å². The van der Waals surface area contributed by atoms with Crippen LogP contribution < -0.4 is 10.6 Å². The van der Waals surface area contributed by atoms with Gasteiger partial charge in [-0.3, -0.25) is 4.79 Å². The van der Waals surface area contributed by atoms with Crippen LogP contribution in [0.4, 0.5) is 4.79 Å². The van der Waals surface area contributed by atoms with Gasteiger partial charge in [0.15, 0.2) is 0 Å². The first kappa shape index (κ1) is 14.8. The number of urea groups is 1. The topological polar surface area (TPSA) is 87.7 Å². The lowest BCUT2D eigenvalue weighted by atomic mass is 10.0. The Bertz CT molecular complexity index is 265. The smallest absolute Gasteiger partial charge is 0.314 e. The van der Waals surface area contributed by atoms with Crippen molar-refractivity contribution in [2.75, 3.05) is 26.3 Å². The van der Waals surface area contributed by atoms with Gasteiger partial charge >= 0.3 is 12.0 Å². The van der Waals surface area contributed by atoms with Crippen LogP contribution in [-0.2, 0) is 9.53 Å². The van der Waals surface area contributed by atoms with Crippen LogP contribution in [0.25, 0.3) is 0 Å². The summed E-state index contributed by atoms with van der Waals surface area (Å²) in [5.41, 5.74) is 0. The number of carboxylic acid groups (broad SMARTS) is 1. The highest BCUT2D eigenvalue weighted by Gasteiger charge is 2.14. The Morgan fingerprint density at radius 2 is 2.11 bits per heavy atom. The molecule has 0 aromatic rings. The van der Waals surface area contributed by atoms with E-state index in [1.165, 1.54) is 0 Å². The molecule has 1 unspecified atom stereocenters. The van der Waals surface area contributed by atoms with Gasteiger partial charge in [0.25, 0.3) is 0 Å². The van der Waals surface area contributed by atoms with E-state index >= 15 is 0 Å². The molecule has 1 atom stereocenters. The Morgan fingerprint density at radius 3 is 2.78 bits per heavy atom. The van der Waals surface area contributed by atoms with Gasteiger partial charge in [-0.1, -0.05) is 0 Å². The van der Waals surface area contributed by atoms with Crippen molar-refractivity contribution in [3.8, 4) is 0 Å². The molecule has 3 N–H and O–H groups in total. The summed E-state index contributed by atoms with van der Waals surface area (Å²) >= 11 is 0. The van der Waals surface area contributed by atoms with Gasteiger partial charge < -0.3 is 20.5 Å². The van der Waals surface area contributed by atoms with E-state index in [4.69, 9.17) is 9.84 Å². The zero-order valence-corrected chi connectivity index (χ0v) is 10.6. The van der Waals surface area contributed by atoms with E-state index in [9.17, 15) is 9.59 Å². The van der Waals surface area contributed by atoms with Crippen molar-refractivity contribution in [1.29, 1.82) is 0 Å². The molecule has 2 amide bonds. The van der Waals surface area contributed by atoms with Crippen molar-refractivity contribution < 1.29 is 19.4 Å². The summed E-state index contributed by atoms with van der Waals surface area (Å²) in [4.78, 5) is 21.7. The third kappa shape index (κ3) is 7.11. The van der Waals surface area contributed by atoms with Crippen molar-refractivity contribution in [3.05, 3.63) is 0 Å². The molecule has 0 radical (unpaired) electrons. The van der Waals surface area contributed by atoms with Crippen molar-refractivity contribution in [2.45, 2.75) is 32.1 Å².